The van der Waals surface area contributed by atoms with Crippen molar-refractivity contribution in [2.75, 3.05) is 11.9 Å². The number of amides is 1. The summed E-state index contributed by atoms with van der Waals surface area (Å²) in [6, 6.07) is 3.76. The summed E-state index contributed by atoms with van der Waals surface area (Å²) in [4.78, 5) is 16.5. The van der Waals surface area contributed by atoms with Crippen molar-refractivity contribution in [1.82, 2.24) is 4.98 Å². The van der Waals surface area contributed by atoms with Gasteiger partial charge in [0.05, 0.1) is 0 Å². The van der Waals surface area contributed by atoms with Gasteiger partial charge in [0.1, 0.15) is 5.82 Å². The molecule has 1 rings (SSSR count). The second kappa shape index (κ2) is 3.34. The van der Waals surface area contributed by atoms with E-state index in [1.807, 2.05) is 19.1 Å². The Morgan fingerprint density at radius 2 is 2.17 bits per heavy atom. The van der Waals surface area contributed by atoms with E-state index in [9.17, 15) is 4.79 Å². The molecule has 0 bridgehead atoms. The summed E-state index contributed by atoms with van der Waals surface area (Å²) in [5.41, 5.74) is 1.09. The first-order valence-electron chi connectivity index (χ1n) is 3.78. The van der Waals surface area contributed by atoms with Gasteiger partial charge in [-0.05, 0) is 18.6 Å². The quantitative estimate of drug-likeness (QED) is 0.628. The van der Waals surface area contributed by atoms with E-state index in [2.05, 4.69) is 4.98 Å². The smallest absolute Gasteiger partial charge is 0.224 e. The molecule has 0 aliphatic heterocycles. The van der Waals surface area contributed by atoms with E-state index in [4.69, 9.17) is 0 Å². The van der Waals surface area contributed by atoms with Crippen molar-refractivity contribution < 1.29 is 4.79 Å². The molecule has 3 heteroatoms. The van der Waals surface area contributed by atoms with Crippen LogP contribution < -0.4 is 4.90 Å². The van der Waals surface area contributed by atoms with Crippen LogP contribution in [-0.2, 0) is 4.79 Å². The third-order valence-electron chi connectivity index (χ3n) is 1.71. The van der Waals surface area contributed by atoms with E-state index >= 15 is 0 Å². The Bertz CT molecular complexity index is 279. The van der Waals surface area contributed by atoms with Crippen molar-refractivity contribution in [3.8, 4) is 0 Å². The summed E-state index contributed by atoms with van der Waals surface area (Å²) in [7, 11) is 1.71. The maximum absolute atomic E-state index is 10.9. The number of aromatic nitrogens is 1. The molecule has 0 aromatic carbocycles. The number of aryl methyl sites for hydroxylation is 1. The fourth-order valence-corrected chi connectivity index (χ4v) is 0.820. The summed E-state index contributed by atoms with van der Waals surface area (Å²) >= 11 is 0. The second-order valence-electron chi connectivity index (χ2n) is 2.77. The van der Waals surface area contributed by atoms with Crippen molar-refractivity contribution in [2.24, 2.45) is 0 Å². The molecular formula is C9H12N2O. The number of carbonyl (C=O) groups is 1. The van der Waals surface area contributed by atoms with E-state index in [0.717, 1.165) is 5.56 Å². The van der Waals surface area contributed by atoms with E-state index in [0.29, 0.717) is 5.82 Å². The highest BCUT2D eigenvalue weighted by Crippen LogP contribution is 2.08. The lowest BCUT2D eigenvalue weighted by Gasteiger charge is -2.12. The molecule has 0 unspecified atom stereocenters. The van der Waals surface area contributed by atoms with Crippen molar-refractivity contribution >= 4 is 11.7 Å². The average Bonchev–Trinajstić information content (AvgIpc) is 2.04. The predicted molar refractivity (Wildman–Crippen MR) is 48.1 cm³/mol. The monoisotopic (exact) mass is 164 g/mol. The molecular weight excluding hydrogens is 152 g/mol. The van der Waals surface area contributed by atoms with Crippen LogP contribution in [-0.4, -0.2) is 17.9 Å². The molecule has 0 spiro atoms. The first-order chi connectivity index (χ1) is 5.61. The predicted octanol–water partition coefficient (Wildman–Crippen LogP) is 1.37. The Morgan fingerprint density at radius 1 is 1.50 bits per heavy atom. The summed E-state index contributed by atoms with van der Waals surface area (Å²) in [5.74, 6) is 0.680. The molecule has 64 valence electrons. The lowest BCUT2D eigenvalue weighted by molar-refractivity contribution is -0.116. The minimum atomic E-state index is -0.00801. The van der Waals surface area contributed by atoms with Crippen LogP contribution in [0.15, 0.2) is 18.3 Å². The van der Waals surface area contributed by atoms with Crippen LogP contribution in [0, 0.1) is 6.92 Å². The van der Waals surface area contributed by atoms with Crippen LogP contribution >= 0.6 is 0 Å². The molecule has 0 radical (unpaired) electrons. The maximum atomic E-state index is 10.9. The van der Waals surface area contributed by atoms with E-state index in [1.165, 1.54) is 11.8 Å². The van der Waals surface area contributed by atoms with Crippen LogP contribution in [0.5, 0.6) is 0 Å². The van der Waals surface area contributed by atoms with Gasteiger partial charge in [-0.25, -0.2) is 4.98 Å². The number of hydrogen-bond acceptors (Lipinski definition) is 2. The van der Waals surface area contributed by atoms with Gasteiger partial charge in [-0.3, -0.25) is 4.79 Å². The number of anilines is 1. The van der Waals surface area contributed by atoms with E-state index in [1.54, 1.807) is 13.2 Å². The molecule has 0 aliphatic carbocycles. The Kier molecular flexibility index (Phi) is 2.43. The first kappa shape index (κ1) is 8.71. The molecule has 1 heterocycles. The van der Waals surface area contributed by atoms with Crippen LogP contribution in [0.4, 0.5) is 5.82 Å². The summed E-state index contributed by atoms with van der Waals surface area (Å²) < 4.78 is 0. The van der Waals surface area contributed by atoms with Gasteiger partial charge in [0, 0.05) is 20.2 Å². The molecule has 1 aromatic heterocycles. The molecule has 0 aliphatic rings. The number of pyridine rings is 1. The third kappa shape index (κ3) is 1.81. The summed E-state index contributed by atoms with van der Waals surface area (Å²) in [6.45, 7) is 3.48. The molecule has 1 amide bonds. The zero-order chi connectivity index (χ0) is 9.14. The van der Waals surface area contributed by atoms with Crippen molar-refractivity contribution in [1.29, 1.82) is 0 Å². The molecule has 0 saturated heterocycles. The zero-order valence-electron chi connectivity index (χ0n) is 7.53. The number of nitrogens with zero attached hydrogens (tertiary/aromatic N) is 2. The topological polar surface area (TPSA) is 33.2 Å². The van der Waals surface area contributed by atoms with E-state index in [-0.39, 0.29) is 5.91 Å². The lowest BCUT2D eigenvalue weighted by atomic mass is 10.3. The number of hydrogen-bond donors (Lipinski definition) is 0. The fraction of sp³-hybridized carbons (Fsp3) is 0.333. The molecule has 12 heavy (non-hydrogen) atoms. The van der Waals surface area contributed by atoms with Gasteiger partial charge in [-0.1, -0.05) is 6.07 Å². The second-order valence-corrected chi connectivity index (χ2v) is 2.77. The van der Waals surface area contributed by atoms with Gasteiger partial charge in [-0.2, -0.15) is 0 Å². The van der Waals surface area contributed by atoms with Crippen molar-refractivity contribution in [3.63, 3.8) is 0 Å². The van der Waals surface area contributed by atoms with Crippen LogP contribution in [0.1, 0.15) is 12.5 Å². The Balaban J connectivity index is 2.89. The van der Waals surface area contributed by atoms with Gasteiger partial charge in [0.25, 0.3) is 0 Å². The summed E-state index contributed by atoms with van der Waals surface area (Å²) in [6.07, 6.45) is 1.74. The van der Waals surface area contributed by atoms with Gasteiger partial charge in [0.2, 0.25) is 5.91 Å². The lowest BCUT2D eigenvalue weighted by Crippen LogP contribution is -2.23. The average molecular weight is 164 g/mol. The van der Waals surface area contributed by atoms with Crippen LogP contribution in [0.25, 0.3) is 0 Å². The normalized spacial score (nSPS) is 9.58. The minimum Gasteiger partial charge on any atom is -0.300 e. The largest absolute Gasteiger partial charge is 0.300 e. The number of rotatable bonds is 1. The Morgan fingerprint density at radius 3 is 2.58 bits per heavy atom. The highest BCUT2D eigenvalue weighted by Gasteiger charge is 2.04. The van der Waals surface area contributed by atoms with Gasteiger partial charge < -0.3 is 4.90 Å². The first-order valence-corrected chi connectivity index (χ1v) is 3.78. The zero-order valence-corrected chi connectivity index (χ0v) is 7.53. The Hall–Kier alpha value is -1.38. The minimum absolute atomic E-state index is 0.00801. The Labute approximate surface area is 72.0 Å². The SMILES string of the molecule is CC(=O)N(C)c1ccc(C)cn1. The van der Waals surface area contributed by atoms with Crippen molar-refractivity contribution in [2.45, 2.75) is 13.8 Å². The molecule has 0 atom stereocenters. The summed E-state index contributed by atoms with van der Waals surface area (Å²) in [5, 5.41) is 0. The van der Waals surface area contributed by atoms with Crippen molar-refractivity contribution in [3.05, 3.63) is 23.9 Å². The third-order valence-corrected chi connectivity index (χ3v) is 1.71. The van der Waals surface area contributed by atoms with Crippen LogP contribution in [0.2, 0.25) is 0 Å². The molecule has 3 nitrogen and oxygen atoms in total. The van der Waals surface area contributed by atoms with E-state index < -0.39 is 0 Å². The maximum Gasteiger partial charge on any atom is 0.224 e. The van der Waals surface area contributed by atoms with Gasteiger partial charge in [0.15, 0.2) is 0 Å². The fourth-order valence-electron chi connectivity index (χ4n) is 0.820. The standard InChI is InChI=1S/C9H12N2O/c1-7-4-5-9(10-6-7)11(3)8(2)12/h4-6H,1-3H3. The highest BCUT2D eigenvalue weighted by atomic mass is 16.2. The molecule has 1 aromatic rings. The number of carbonyl (C=O) groups excluding carboxylic acids is 1. The van der Waals surface area contributed by atoms with Crippen LogP contribution in [0.3, 0.4) is 0 Å². The molecule has 0 saturated carbocycles. The van der Waals surface area contributed by atoms with Gasteiger partial charge >= 0.3 is 0 Å². The molecule has 0 N–H and O–H groups in total. The van der Waals surface area contributed by atoms with Gasteiger partial charge in [-0.15, -0.1) is 0 Å². The highest BCUT2D eigenvalue weighted by molar-refractivity contribution is 5.89. The molecule has 0 fully saturated rings.